The van der Waals surface area contributed by atoms with Crippen molar-refractivity contribution in [1.82, 2.24) is 0 Å². The number of allylic oxidation sites excluding steroid dienone is 8. The fourth-order valence-corrected chi connectivity index (χ4v) is 1.19. The second-order valence-electron chi connectivity index (χ2n) is 3.39. The zero-order valence-electron chi connectivity index (χ0n) is 12.7. The van der Waals surface area contributed by atoms with Gasteiger partial charge in [0.2, 0.25) is 0 Å². The molecule has 2 aliphatic carbocycles. The molecule has 0 fully saturated rings. The van der Waals surface area contributed by atoms with Crippen molar-refractivity contribution in [3.8, 4) is 0 Å². The second kappa shape index (κ2) is 20.9. The average molecular weight is 397 g/mol. The van der Waals surface area contributed by atoms with E-state index in [1.54, 1.807) is 23.3 Å². The van der Waals surface area contributed by atoms with Crippen LogP contribution in [0.25, 0.3) is 0 Å². The van der Waals surface area contributed by atoms with Crippen LogP contribution in [0.2, 0.25) is 0 Å². The molecule has 2 aliphatic rings. The predicted molar refractivity (Wildman–Crippen MR) is 92.9 cm³/mol. The first-order chi connectivity index (χ1) is 7.22. The fraction of sp³-hybridized carbons (Fsp3) is 0.333. The molecule has 0 unspecified atom stereocenters. The molecular formula is C15H26Cl2SiZr-4. The summed E-state index contributed by atoms with van der Waals surface area (Å²) in [6, 6.07) is 0. The molecule has 0 atom stereocenters. The summed E-state index contributed by atoms with van der Waals surface area (Å²) >= 11 is 1.58. The fourth-order valence-electron chi connectivity index (χ4n) is 1.19. The van der Waals surface area contributed by atoms with Crippen molar-refractivity contribution in [2.24, 2.45) is 0 Å². The Hall–Kier alpha value is 0.640. The quantitative estimate of drug-likeness (QED) is 0.414. The molecule has 0 radical (unpaired) electrons. The van der Waals surface area contributed by atoms with E-state index in [4.69, 9.17) is 0 Å². The van der Waals surface area contributed by atoms with Gasteiger partial charge in [-0.2, -0.15) is 17.2 Å². The van der Waals surface area contributed by atoms with Crippen molar-refractivity contribution in [3.05, 3.63) is 62.0 Å². The van der Waals surface area contributed by atoms with E-state index in [9.17, 15) is 0 Å². The first-order valence-corrected chi connectivity index (χ1v) is 10.9. The van der Waals surface area contributed by atoms with Crippen LogP contribution in [-0.4, -0.2) is 6.88 Å². The van der Waals surface area contributed by atoms with Crippen LogP contribution in [0.15, 0.2) is 34.9 Å². The topological polar surface area (TPSA) is 0 Å². The van der Waals surface area contributed by atoms with Crippen molar-refractivity contribution in [2.45, 2.75) is 33.6 Å². The van der Waals surface area contributed by atoms with Crippen molar-refractivity contribution in [3.63, 3.8) is 0 Å². The van der Waals surface area contributed by atoms with Gasteiger partial charge in [-0.25, -0.2) is 17.7 Å². The Morgan fingerprint density at radius 2 is 1.63 bits per heavy atom. The van der Waals surface area contributed by atoms with Gasteiger partial charge in [-0.05, 0) is 0 Å². The van der Waals surface area contributed by atoms with Crippen molar-refractivity contribution >= 4 is 31.7 Å². The minimum atomic E-state index is 0. The standard InChI is InChI=1S/C8H11.C5H5.2CH3.2ClH.H2Si.Zr/c1-6-4-5-7(2)8(6)3;1-2-4-5-3-1;;;;;;/h4H2,1-3H3;1-3H,4H2;2*1H3;2*1H;1H2;/q4*-1;;;;. The second-order valence-corrected chi connectivity index (χ2v) is 3.39. The molecule has 2 rings (SSSR count). The first kappa shape index (κ1) is 31.8. The molecule has 0 heterocycles. The Morgan fingerprint density at radius 3 is 1.74 bits per heavy atom. The van der Waals surface area contributed by atoms with Gasteiger partial charge in [0.05, 0.1) is 0 Å². The van der Waals surface area contributed by atoms with Crippen molar-refractivity contribution in [1.29, 1.82) is 0 Å². The van der Waals surface area contributed by atoms with E-state index in [1.807, 2.05) is 19.0 Å². The number of rotatable bonds is 0. The predicted octanol–water partition coefficient (Wildman–Crippen LogP) is 4.61. The zero-order chi connectivity index (χ0) is 11.7. The Bertz CT molecular complexity index is 303. The van der Waals surface area contributed by atoms with Gasteiger partial charge >= 0.3 is 30.2 Å². The van der Waals surface area contributed by atoms with Crippen LogP contribution in [-0.2, 0) is 23.3 Å². The van der Waals surface area contributed by atoms with Crippen LogP contribution in [0.4, 0.5) is 0 Å². The van der Waals surface area contributed by atoms with Crippen LogP contribution in [0.1, 0.15) is 33.6 Å². The average Bonchev–Trinajstić information content (AvgIpc) is 2.92. The summed E-state index contributed by atoms with van der Waals surface area (Å²) < 4.78 is 0. The van der Waals surface area contributed by atoms with Gasteiger partial charge in [0, 0.05) is 0 Å². The summed E-state index contributed by atoms with van der Waals surface area (Å²) in [5, 5.41) is 0. The van der Waals surface area contributed by atoms with Gasteiger partial charge in [0.15, 0.2) is 0 Å². The molecule has 112 valence electrons. The summed E-state index contributed by atoms with van der Waals surface area (Å²) in [5.74, 6) is 0. The third-order valence-corrected chi connectivity index (χ3v) is 2.41. The van der Waals surface area contributed by atoms with E-state index < -0.39 is 0 Å². The Kier molecular flexibility index (Phi) is 35.1. The molecule has 0 spiro atoms. The molecule has 0 N–H and O–H groups in total. The van der Waals surface area contributed by atoms with Crippen LogP contribution < -0.4 is 0 Å². The van der Waals surface area contributed by atoms with E-state index >= 15 is 0 Å². The van der Waals surface area contributed by atoms with E-state index in [0.717, 1.165) is 12.8 Å². The third kappa shape index (κ3) is 14.9. The molecular weight excluding hydrogens is 370 g/mol. The summed E-state index contributed by atoms with van der Waals surface area (Å²) in [7, 11) is 0. The van der Waals surface area contributed by atoms with Gasteiger partial charge < -0.3 is 14.9 Å². The molecule has 0 aromatic heterocycles. The van der Waals surface area contributed by atoms with E-state index in [0.29, 0.717) is 0 Å². The number of hydrogen-bond acceptors (Lipinski definition) is 0. The minimum absolute atomic E-state index is 0. The monoisotopic (exact) mass is 394 g/mol. The van der Waals surface area contributed by atoms with Crippen LogP contribution in [0.5, 0.6) is 0 Å². The van der Waals surface area contributed by atoms with Gasteiger partial charge in [0.1, 0.15) is 0 Å². The van der Waals surface area contributed by atoms with Gasteiger partial charge in [-0.1, -0.05) is 13.8 Å². The third-order valence-electron chi connectivity index (χ3n) is 2.41. The molecule has 19 heavy (non-hydrogen) atoms. The van der Waals surface area contributed by atoms with E-state index in [2.05, 4.69) is 39.0 Å². The summed E-state index contributed by atoms with van der Waals surface area (Å²) in [5.41, 5.74) is 4.25. The van der Waals surface area contributed by atoms with E-state index in [-0.39, 0.29) is 39.7 Å². The Labute approximate surface area is 149 Å². The number of hydrogen-bond donors (Lipinski definition) is 0. The van der Waals surface area contributed by atoms with Crippen LogP contribution in [0, 0.1) is 27.0 Å². The van der Waals surface area contributed by atoms with Gasteiger partial charge in [0.25, 0.3) is 0 Å². The summed E-state index contributed by atoms with van der Waals surface area (Å²) in [6.45, 7) is 8.39. The molecule has 0 saturated heterocycles. The summed E-state index contributed by atoms with van der Waals surface area (Å²) in [4.78, 5) is 0. The Morgan fingerprint density at radius 1 is 1.11 bits per heavy atom. The molecule has 0 aliphatic heterocycles. The molecule has 0 aromatic carbocycles. The van der Waals surface area contributed by atoms with Gasteiger partial charge in [-0.3, -0.25) is 12.2 Å². The SMILES string of the molecule is CC1=[C-]CC(C)=C1C.Cl.Cl.[C-]1=CC=CC1.[CH3-].[CH3-].[SiH2]=[Zr]. The maximum atomic E-state index is 3.26. The molecule has 4 heteroatoms. The maximum absolute atomic E-state index is 3.26. The van der Waals surface area contributed by atoms with Crippen LogP contribution >= 0.6 is 24.8 Å². The van der Waals surface area contributed by atoms with Crippen LogP contribution in [0.3, 0.4) is 0 Å². The Balaban J connectivity index is -0.0000000534. The zero-order valence-corrected chi connectivity index (χ0v) is 18.2. The van der Waals surface area contributed by atoms with Gasteiger partial charge in [-0.15, -0.1) is 44.6 Å². The molecule has 0 nitrogen and oxygen atoms in total. The molecule has 0 aromatic rings. The normalized spacial score (nSPS) is 13.1. The molecule has 0 saturated carbocycles. The molecule has 0 amide bonds. The van der Waals surface area contributed by atoms with Crippen molar-refractivity contribution < 1.29 is 23.3 Å². The first-order valence-electron chi connectivity index (χ1n) is 5.03. The molecule has 0 bridgehead atoms. The van der Waals surface area contributed by atoms with Crippen molar-refractivity contribution in [2.75, 3.05) is 0 Å². The van der Waals surface area contributed by atoms with E-state index in [1.165, 1.54) is 16.7 Å². The summed E-state index contributed by atoms with van der Waals surface area (Å²) in [6.07, 6.45) is 14.3. The number of halogens is 2.